The van der Waals surface area contributed by atoms with E-state index in [0.29, 0.717) is 0 Å². The number of rotatable bonds is 7. The zero-order valence-electron chi connectivity index (χ0n) is 16.6. The lowest BCUT2D eigenvalue weighted by atomic mass is 10.1. The average molecular weight is 441 g/mol. The van der Waals surface area contributed by atoms with Gasteiger partial charge in [-0.1, -0.05) is 18.2 Å². The molecule has 0 fully saturated rings. The van der Waals surface area contributed by atoms with Crippen molar-refractivity contribution in [3.63, 3.8) is 0 Å². The van der Waals surface area contributed by atoms with Crippen molar-refractivity contribution in [2.24, 2.45) is 7.05 Å². The topological polar surface area (TPSA) is 63.6 Å². The number of fused-ring (bicyclic) bond motifs is 1. The van der Waals surface area contributed by atoms with Crippen LogP contribution in [-0.2, 0) is 17.1 Å². The van der Waals surface area contributed by atoms with E-state index in [1.807, 2.05) is 61.1 Å². The summed E-state index contributed by atoms with van der Waals surface area (Å²) < 4.78 is 70.5. The second-order valence-corrected chi connectivity index (χ2v) is 8.83. The van der Waals surface area contributed by atoms with Crippen LogP contribution in [0, 0.1) is 0 Å². The summed E-state index contributed by atoms with van der Waals surface area (Å²) in [6.07, 6.45) is -2.87. The Labute approximate surface area is 172 Å². The minimum atomic E-state index is -4.84. The molecule has 30 heavy (non-hydrogen) atoms. The van der Waals surface area contributed by atoms with Gasteiger partial charge in [0, 0.05) is 36.7 Å². The molecule has 162 valence electrons. The average Bonchev–Trinajstić information content (AvgIpc) is 2.98. The van der Waals surface area contributed by atoms with E-state index in [0.717, 1.165) is 40.7 Å². The monoisotopic (exact) mass is 441 g/mol. The van der Waals surface area contributed by atoms with E-state index >= 15 is 0 Å². The van der Waals surface area contributed by atoms with E-state index in [1.54, 1.807) is 0 Å². The smallest absolute Gasteiger partial charge is 0.406 e. The summed E-state index contributed by atoms with van der Waals surface area (Å²) in [5.74, 6) is -0.483. The first kappa shape index (κ1) is 22.1. The second kappa shape index (κ2) is 8.29. The van der Waals surface area contributed by atoms with Gasteiger partial charge in [0.2, 0.25) is 10.0 Å². The molecule has 0 bridgehead atoms. The fourth-order valence-corrected chi connectivity index (χ4v) is 4.34. The maximum Gasteiger partial charge on any atom is 0.573 e. The van der Waals surface area contributed by atoms with Gasteiger partial charge in [0.05, 0.1) is 4.90 Å². The van der Waals surface area contributed by atoms with Crippen molar-refractivity contribution in [2.75, 3.05) is 20.6 Å². The van der Waals surface area contributed by atoms with Gasteiger partial charge in [-0.2, -0.15) is 0 Å². The Morgan fingerprint density at radius 1 is 1.10 bits per heavy atom. The summed E-state index contributed by atoms with van der Waals surface area (Å²) in [4.78, 5) is 1.76. The standard InChI is InChI=1S/C20H22F3N3O3S/c1-25(2)19(17-13-26(3)18-7-5-4-6-16(17)18)12-24-30(27,28)15-10-8-14(9-11-15)29-20(21,22)23/h4-11,13,19,24H,12H2,1-3H3. The lowest BCUT2D eigenvalue weighted by Crippen LogP contribution is -2.34. The number of ether oxygens (including phenoxy) is 1. The number of benzene rings is 2. The summed E-state index contributed by atoms with van der Waals surface area (Å²) in [6, 6.07) is 11.7. The van der Waals surface area contributed by atoms with Crippen LogP contribution in [0.25, 0.3) is 10.9 Å². The number of halogens is 3. The van der Waals surface area contributed by atoms with Crippen LogP contribution in [0.4, 0.5) is 13.2 Å². The zero-order chi connectivity index (χ0) is 22.1. The van der Waals surface area contributed by atoms with Gasteiger partial charge in [0.15, 0.2) is 0 Å². The van der Waals surface area contributed by atoms with E-state index in [9.17, 15) is 21.6 Å². The number of aryl methyl sites for hydroxylation is 1. The molecule has 0 amide bonds. The summed E-state index contributed by atoms with van der Waals surface area (Å²) in [7, 11) is 1.70. The summed E-state index contributed by atoms with van der Waals surface area (Å²) in [6.45, 7) is 0.0874. The van der Waals surface area contributed by atoms with Crippen LogP contribution in [0.3, 0.4) is 0 Å². The quantitative estimate of drug-likeness (QED) is 0.608. The van der Waals surface area contributed by atoms with Gasteiger partial charge in [0.25, 0.3) is 0 Å². The molecule has 0 saturated heterocycles. The SMILES string of the molecule is CN(C)C(CNS(=O)(=O)c1ccc(OC(F)(F)F)cc1)c1cn(C)c2ccccc12. The Balaban J connectivity index is 1.80. The minimum absolute atomic E-state index is 0.0874. The van der Waals surface area contributed by atoms with Gasteiger partial charge in [-0.25, -0.2) is 13.1 Å². The molecular formula is C20H22F3N3O3S. The van der Waals surface area contributed by atoms with Crippen molar-refractivity contribution >= 4 is 20.9 Å². The van der Waals surface area contributed by atoms with E-state index in [1.165, 1.54) is 0 Å². The molecule has 3 aromatic rings. The molecule has 1 aromatic heterocycles. The third-order valence-corrected chi connectivity index (χ3v) is 6.18. The van der Waals surface area contributed by atoms with Gasteiger partial charge in [-0.3, -0.25) is 0 Å². The fourth-order valence-electron chi connectivity index (χ4n) is 3.30. The molecule has 1 N–H and O–H groups in total. The van der Waals surface area contributed by atoms with Crippen molar-refractivity contribution < 1.29 is 26.3 Å². The number of nitrogens with zero attached hydrogens (tertiary/aromatic N) is 2. The second-order valence-electron chi connectivity index (χ2n) is 7.06. The van der Waals surface area contributed by atoms with E-state index in [4.69, 9.17) is 0 Å². The number of alkyl halides is 3. The highest BCUT2D eigenvalue weighted by atomic mass is 32.2. The molecule has 0 spiro atoms. The Bertz CT molecular complexity index is 1120. The highest BCUT2D eigenvalue weighted by molar-refractivity contribution is 7.89. The Morgan fingerprint density at radius 2 is 1.73 bits per heavy atom. The molecule has 1 heterocycles. The van der Waals surface area contributed by atoms with Gasteiger partial charge >= 0.3 is 6.36 Å². The molecule has 0 aliphatic carbocycles. The highest BCUT2D eigenvalue weighted by Gasteiger charge is 2.31. The third kappa shape index (κ3) is 4.94. The highest BCUT2D eigenvalue weighted by Crippen LogP contribution is 2.29. The molecule has 1 unspecified atom stereocenters. The third-order valence-electron chi connectivity index (χ3n) is 4.74. The molecule has 0 aliphatic heterocycles. The van der Waals surface area contributed by atoms with Crippen LogP contribution in [0.15, 0.2) is 59.6 Å². The molecule has 0 radical (unpaired) electrons. The van der Waals surface area contributed by atoms with Crippen molar-refractivity contribution in [1.29, 1.82) is 0 Å². The molecule has 0 saturated carbocycles. The Kier molecular flexibility index (Phi) is 6.11. The minimum Gasteiger partial charge on any atom is -0.406 e. The largest absolute Gasteiger partial charge is 0.573 e. The van der Waals surface area contributed by atoms with Gasteiger partial charge in [-0.05, 0) is 50.0 Å². The molecule has 10 heteroatoms. The van der Waals surface area contributed by atoms with Crippen LogP contribution < -0.4 is 9.46 Å². The number of aromatic nitrogens is 1. The number of hydrogen-bond acceptors (Lipinski definition) is 4. The Morgan fingerprint density at radius 3 is 2.33 bits per heavy atom. The summed E-state index contributed by atoms with van der Waals surface area (Å²) >= 11 is 0. The molecule has 0 aliphatic rings. The lowest BCUT2D eigenvalue weighted by molar-refractivity contribution is -0.274. The maximum absolute atomic E-state index is 12.7. The molecule has 1 atom stereocenters. The summed E-state index contributed by atoms with van der Waals surface area (Å²) in [5, 5.41) is 1.02. The lowest BCUT2D eigenvalue weighted by Gasteiger charge is -2.24. The number of likely N-dealkylation sites (N-methyl/N-ethyl adjacent to an activating group) is 1. The van der Waals surface area contributed by atoms with Crippen molar-refractivity contribution in [3.8, 4) is 5.75 Å². The number of para-hydroxylation sites is 1. The normalized spacial score (nSPS) is 13.7. The molecule has 6 nitrogen and oxygen atoms in total. The van der Waals surface area contributed by atoms with Crippen LogP contribution in [0.2, 0.25) is 0 Å². The van der Waals surface area contributed by atoms with Crippen molar-refractivity contribution in [2.45, 2.75) is 17.3 Å². The zero-order valence-corrected chi connectivity index (χ0v) is 17.5. The number of sulfonamides is 1. The summed E-state index contributed by atoms with van der Waals surface area (Å²) in [5.41, 5.74) is 2.00. The van der Waals surface area contributed by atoms with E-state index < -0.39 is 22.1 Å². The van der Waals surface area contributed by atoms with Crippen LogP contribution in [0.5, 0.6) is 5.75 Å². The first-order valence-electron chi connectivity index (χ1n) is 9.04. The van der Waals surface area contributed by atoms with Gasteiger partial charge in [-0.15, -0.1) is 13.2 Å². The predicted octanol–water partition coefficient (Wildman–Crippen LogP) is 3.66. The number of nitrogens with one attached hydrogen (secondary N) is 1. The first-order valence-corrected chi connectivity index (χ1v) is 10.5. The Hall–Kier alpha value is -2.56. The molecular weight excluding hydrogens is 419 g/mol. The predicted molar refractivity (Wildman–Crippen MR) is 108 cm³/mol. The fraction of sp³-hybridized carbons (Fsp3) is 0.300. The van der Waals surface area contributed by atoms with Crippen LogP contribution >= 0.6 is 0 Å². The number of hydrogen-bond donors (Lipinski definition) is 1. The van der Waals surface area contributed by atoms with Crippen molar-refractivity contribution in [3.05, 3.63) is 60.3 Å². The first-order chi connectivity index (χ1) is 14.0. The van der Waals surface area contributed by atoms with E-state index in [2.05, 4.69) is 9.46 Å². The van der Waals surface area contributed by atoms with Crippen LogP contribution in [0.1, 0.15) is 11.6 Å². The maximum atomic E-state index is 12.7. The van der Waals surface area contributed by atoms with Gasteiger partial charge < -0.3 is 14.2 Å². The van der Waals surface area contributed by atoms with Crippen LogP contribution in [-0.4, -0.2) is 44.9 Å². The van der Waals surface area contributed by atoms with Gasteiger partial charge in [0.1, 0.15) is 5.75 Å². The molecule has 2 aromatic carbocycles. The van der Waals surface area contributed by atoms with Crippen molar-refractivity contribution in [1.82, 2.24) is 14.2 Å². The molecule has 3 rings (SSSR count). The van der Waals surface area contributed by atoms with E-state index in [-0.39, 0.29) is 17.5 Å².